The molecule has 0 radical (unpaired) electrons. The van der Waals surface area contributed by atoms with Crippen LogP contribution in [0.2, 0.25) is 0 Å². The topological polar surface area (TPSA) is 245 Å². The number of carbonyl (C=O) groups excluding carboxylic acids is 7. The Labute approximate surface area is 500 Å². The number of benzene rings is 7. The zero-order valence-corrected chi connectivity index (χ0v) is 46.6. The lowest BCUT2D eigenvalue weighted by molar-refractivity contribution is -0.350. The van der Waals surface area contributed by atoms with Crippen LogP contribution in [0.4, 0.5) is 0 Å². The quantitative estimate of drug-likeness (QED) is 0.0260. The van der Waals surface area contributed by atoms with Gasteiger partial charge in [0.15, 0.2) is 36.8 Å². The average molecular weight is 1220 g/mol. The van der Waals surface area contributed by atoms with Gasteiger partial charge in [0.05, 0.1) is 38.9 Å². The third-order valence-corrected chi connectivity index (χ3v) is 13.5. The van der Waals surface area contributed by atoms with Gasteiger partial charge in [-0.1, -0.05) is 162 Å². The van der Waals surface area contributed by atoms with Gasteiger partial charge >= 0.3 is 41.8 Å². The summed E-state index contributed by atoms with van der Waals surface area (Å²) in [6.07, 6.45) is -19.9. The summed E-state index contributed by atoms with van der Waals surface area (Å²) in [5.41, 5.74) is -0.00555. The van der Waals surface area contributed by atoms with E-state index in [0.717, 1.165) is 0 Å². The van der Waals surface area contributed by atoms with Gasteiger partial charge in [-0.2, -0.15) is 0 Å². The van der Waals surface area contributed by atoms with Crippen LogP contribution in [-0.4, -0.2) is 126 Å². The van der Waals surface area contributed by atoms with Gasteiger partial charge in [0, 0.05) is 0 Å². The third kappa shape index (κ3) is 15.8. The molecular weight excluding hydrogens is 1170 g/mol. The Hall–Kier alpha value is -8.95. The van der Waals surface area contributed by atoms with E-state index in [0.29, 0.717) is 0 Å². The molecule has 0 aromatic heterocycles. The van der Waals surface area contributed by atoms with Crippen molar-refractivity contribution in [2.45, 2.75) is 65.2 Å². The Morgan fingerprint density at radius 2 is 0.576 bits per heavy atom. The number of hydrogen-bond donors (Lipinski definition) is 1. The van der Waals surface area contributed by atoms with E-state index in [-0.39, 0.29) is 38.9 Å². The Bertz CT molecular complexity index is 3420. The lowest BCUT2D eigenvalue weighted by Gasteiger charge is -2.48. The molecule has 7 aromatic rings. The maximum absolute atomic E-state index is 14.6. The average Bonchev–Trinajstić information content (AvgIpc) is 2.35. The van der Waals surface area contributed by atoms with Crippen LogP contribution >= 0.6 is 34.8 Å². The molecule has 0 bridgehead atoms. The number of esters is 7. The molecule has 0 amide bonds. The fourth-order valence-electron chi connectivity index (χ4n) is 8.85. The van der Waals surface area contributed by atoms with Gasteiger partial charge < -0.3 is 52.1 Å². The van der Waals surface area contributed by atoms with Crippen LogP contribution in [0.5, 0.6) is 0 Å². The van der Waals surface area contributed by atoms with Crippen molar-refractivity contribution in [2.24, 2.45) is 0 Å². The molecule has 7 aromatic carbocycles. The van der Waals surface area contributed by atoms with Crippen LogP contribution in [0.1, 0.15) is 72.5 Å². The fourth-order valence-corrected chi connectivity index (χ4v) is 8.99. The van der Waals surface area contributed by atoms with E-state index in [4.69, 9.17) is 92.3 Å². The van der Waals surface area contributed by atoms with Gasteiger partial charge in [0.2, 0.25) is 12.2 Å². The molecule has 2 aliphatic heterocycles. The summed E-state index contributed by atoms with van der Waals surface area (Å²) >= 11 is 18.6. The summed E-state index contributed by atoms with van der Waals surface area (Å²) in [6, 6.07) is 53.3. The molecule has 19 nitrogen and oxygen atoms in total. The minimum absolute atomic E-state index is 0.00527. The normalized spacial score (nSPS) is 21.8. The number of rotatable bonds is 19. The first-order chi connectivity index (χ1) is 41.1. The zero-order valence-electron chi connectivity index (χ0n) is 44.4. The van der Waals surface area contributed by atoms with Gasteiger partial charge in [0.25, 0.3) is 3.79 Å². The molecule has 0 spiro atoms. The van der Waals surface area contributed by atoms with E-state index in [1.807, 2.05) is 0 Å². The van der Waals surface area contributed by atoms with Crippen LogP contribution in [0.25, 0.3) is 0 Å². The summed E-state index contributed by atoms with van der Waals surface area (Å²) in [6.45, 7) is -1.62. The summed E-state index contributed by atoms with van der Waals surface area (Å²) in [5.74, 6) is -8.16. The molecule has 0 aliphatic carbocycles. The van der Waals surface area contributed by atoms with Crippen LogP contribution in [0, 0.1) is 5.41 Å². The van der Waals surface area contributed by atoms with Crippen molar-refractivity contribution < 1.29 is 85.7 Å². The van der Waals surface area contributed by atoms with Gasteiger partial charge in [-0.25, -0.2) is 33.6 Å². The van der Waals surface area contributed by atoms with Crippen molar-refractivity contribution in [1.29, 1.82) is 5.41 Å². The van der Waals surface area contributed by atoms with Crippen LogP contribution in [-0.2, 0) is 52.1 Å². The first kappa shape index (κ1) is 60.6. The molecule has 2 saturated heterocycles. The summed E-state index contributed by atoms with van der Waals surface area (Å²) in [7, 11) is 0. The maximum atomic E-state index is 14.6. The van der Waals surface area contributed by atoms with E-state index in [9.17, 15) is 33.6 Å². The van der Waals surface area contributed by atoms with Gasteiger partial charge in [-0.3, -0.25) is 5.41 Å². The molecule has 9 rings (SSSR count). The lowest BCUT2D eigenvalue weighted by Crippen LogP contribution is -2.67. The van der Waals surface area contributed by atoms with Crippen molar-refractivity contribution in [3.63, 3.8) is 0 Å². The summed E-state index contributed by atoms with van der Waals surface area (Å²) in [5, 5.41) is 8.76. The van der Waals surface area contributed by atoms with Crippen LogP contribution in [0.3, 0.4) is 0 Å². The molecule has 85 heavy (non-hydrogen) atoms. The molecule has 0 unspecified atom stereocenters. The Morgan fingerprint density at radius 1 is 0.329 bits per heavy atom. The van der Waals surface area contributed by atoms with Gasteiger partial charge in [-0.05, 0) is 84.9 Å². The second kappa shape index (κ2) is 28.6. The molecular formula is C63H50Cl3NO18. The van der Waals surface area contributed by atoms with E-state index >= 15 is 0 Å². The first-order valence-electron chi connectivity index (χ1n) is 26.1. The Kier molecular flexibility index (Phi) is 20.4. The highest BCUT2D eigenvalue weighted by molar-refractivity contribution is 6.76. The zero-order chi connectivity index (χ0) is 59.9. The smallest absolute Gasteiger partial charge is 0.338 e. The maximum Gasteiger partial charge on any atom is 0.338 e. The van der Waals surface area contributed by atoms with Gasteiger partial charge in [-0.15, -0.1) is 0 Å². The Balaban J connectivity index is 1.23. The van der Waals surface area contributed by atoms with Crippen molar-refractivity contribution in [1.82, 2.24) is 0 Å². The lowest BCUT2D eigenvalue weighted by atomic mass is 9.95. The second-order valence-electron chi connectivity index (χ2n) is 18.7. The van der Waals surface area contributed by atoms with E-state index < -0.39 is 126 Å². The largest absolute Gasteiger partial charge is 0.459 e. The highest BCUT2D eigenvalue weighted by Gasteiger charge is 2.59. The Morgan fingerprint density at radius 3 is 0.882 bits per heavy atom. The van der Waals surface area contributed by atoms with Gasteiger partial charge in [0.1, 0.15) is 31.5 Å². The highest BCUT2D eigenvalue weighted by atomic mass is 35.6. The number of nitrogens with one attached hydrogen (secondary N) is 1. The van der Waals surface area contributed by atoms with Crippen molar-refractivity contribution >= 4 is 82.5 Å². The molecule has 22 heteroatoms. The highest BCUT2D eigenvalue weighted by Crippen LogP contribution is 2.39. The van der Waals surface area contributed by atoms with Crippen molar-refractivity contribution in [3.8, 4) is 0 Å². The monoisotopic (exact) mass is 1210 g/mol. The molecule has 2 fully saturated rings. The second-order valence-corrected chi connectivity index (χ2v) is 21.0. The minimum atomic E-state index is -2.62. The van der Waals surface area contributed by atoms with Crippen LogP contribution < -0.4 is 0 Å². The first-order valence-corrected chi connectivity index (χ1v) is 27.3. The third-order valence-electron chi connectivity index (χ3n) is 13.0. The predicted octanol–water partition coefficient (Wildman–Crippen LogP) is 10.0. The number of halogens is 3. The summed E-state index contributed by atoms with van der Waals surface area (Å²) in [4.78, 5) is 100. The van der Waals surface area contributed by atoms with Crippen molar-refractivity contribution in [3.05, 3.63) is 251 Å². The molecule has 1 N–H and O–H groups in total. The SMILES string of the molecule is N=C(O[C@H]1O[C@H](COC(=O)c2ccccc2)[C@@H](OC(=O)c2ccccc2)[C@H](O[C@@H]2O[C@H](COC(=O)c3ccccc3)[C@@H](OC(=O)c3ccccc3)[C@H](OC(=O)c3ccccc3)[C@H]2OC(=O)c2ccccc2)[C@H]1OC(=O)c1ccccc1)C(Cl)(Cl)Cl. The minimum Gasteiger partial charge on any atom is -0.459 e. The molecule has 2 heterocycles. The molecule has 436 valence electrons. The van der Waals surface area contributed by atoms with E-state index in [1.165, 1.54) is 109 Å². The fraction of sp³-hybridized carbons (Fsp3) is 0.206. The number of alkyl halides is 3. The predicted molar refractivity (Wildman–Crippen MR) is 303 cm³/mol. The number of hydrogen-bond acceptors (Lipinski definition) is 19. The molecule has 2 aliphatic rings. The number of ether oxygens (including phenoxy) is 11. The summed E-state index contributed by atoms with van der Waals surface area (Å²) < 4.78 is 66.4. The van der Waals surface area contributed by atoms with Crippen LogP contribution in [0.15, 0.2) is 212 Å². The van der Waals surface area contributed by atoms with E-state index in [2.05, 4.69) is 0 Å². The number of carbonyl (C=O) groups is 7. The molecule has 0 saturated carbocycles. The van der Waals surface area contributed by atoms with E-state index in [1.54, 1.807) is 103 Å². The molecule has 10 atom stereocenters. The van der Waals surface area contributed by atoms with Crippen molar-refractivity contribution in [2.75, 3.05) is 13.2 Å². The standard InChI is InChI=1S/C63H50Cl3NO18/c64-63(65,66)62(67)85-61-52(83-59(74)44-34-20-7-21-35-44)50(48(80-56(71)41-28-14-4-15-29-41)46(78-61)37-76-54(69)39-24-10-2-11-25-39)84-60-51(82-58(73)43-32-18-6-19-33-43)49(81-57(72)42-30-16-5-17-31-42)47(79-55(70)40-26-12-3-13-27-40)45(77-60)36-75-53(68)38-22-8-1-9-23-38/h1-35,45-52,60-61,67H,36-37H2/t45-,46-,47-,48-,49+,50+,51-,52-,60+,61-/m1/s1.